The van der Waals surface area contributed by atoms with E-state index in [0.29, 0.717) is 0 Å². The Morgan fingerprint density at radius 3 is 1.69 bits per heavy atom. The van der Waals surface area contributed by atoms with Gasteiger partial charge >= 0.3 is 0 Å². The van der Waals surface area contributed by atoms with Crippen molar-refractivity contribution in [2.75, 3.05) is 0 Å². The van der Waals surface area contributed by atoms with Crippen molar-refractivity contribution in [3.63, 3.8) is 0 Å². The van der Waals surface area contributed by atoms with Crippen molar-refractivity contribution in [2.24, 2.45) is 23.7 Å². The molecule has 0 nitrogen and oxygen atoms in total. The molecule has 3 rings (SSSR count). The van der Waals surface area contributed by atoms with E-state index >= 15 is 0 Å². The van der Waals surface area contributed by atoms with Crippen LogP contribution < -0.4 is 0 Å². The summed E-state index contributed by atoms with van der Waals surface area (Å²) in [6.45, 7) is 18.3. The van der Waals surface area contributed by atoms with Crippen LogP contribution in [0.2, 0.25) is 0 Å². The summed E-state index contributed by atoms with van der Waals surface area (Å²) < 4.78 is 0. The summed E-state index contributed by atoms with van der Waals surface area (Å²) in [7, 11) is 0. The fourth-order valence-corrected chi connectivity index (χ4v) is 4.47. The summed E-state index contributed by atoms with van der Waals surface area (Å²) in [6.07, 6.45) is 31.5. The van der Waals surface area contributed by atoms with Crippen molar-refractivity contribution in [3.05, 3.63) is 27.2 Å². The molecular weight excluding hydrogens is 384 g/mol. The summed E-state index contributed by atoms with van der Waals surface area (Å²) in [4.78, 5) is 0. The predicted octanol–water partition coefficient (Wildman–Crippen LogP) is 11.4. The molecule has 0 aromatic carbocycles. The minimum absolute atomic E-state index is 0.821. The first-order valence-electron chi connectivity index (χ1n) is 14.9. The molecule has 4 atom stereocenters. The van der Waals surface area contributed by atoms with Gasteiger partial charge in [0.05, 0.1) is 0 Å². The summed E-state index contributed by atoms with van der Waals surface area (Å²) in [6, 6.07) is 0. The maximum atomic E-state index is 3.98. The number of hydrogen-bond donors (Lipinski definition) is 0. The molecule has 32 heavy (non-hydrogen) atoms. The van der Waals surface area contributed by atoms with Gasteiger partial charge in [-0.15, -0.1) is 0 Å². The molecule has 0 aromatic heterocycles. The van der Waals surface area contributed by atoms with Crippen molar-refractivity contribution in [2.45, 2.75) is 156 Å². The van der Waals surface area contributed by atoms with Gasteiger partial charge in [-0.2, -0.15) is 0 Å². The lowest BCUT2D eigenvalue weighted by atomic mass is 10.1. The quantitative estimate of drug-likeness (QED) is 0.247. The van der Waals surface area contributed by atoms with Crippen molar-refractivity contribution in [3.8, 4) is 0 Å². The summed E-state index contributed by atoms with van der Waals surface area (Å²) in [5.74, 6) is 4.03. The van der Waals surface area contributed by atoms with Gasteiger partial charge in [0.2, 0.25) is 0 Å². The fourth-order valence-electron chi connectivity index (χ4n) is 4.47. The van der Waals surface area contributed by atoms with E-state index in [4.69, 9.17) is 0 Å². The summed E-state index contributed by atoms with van der Waals surface area (Å²) in [5, 5.41) is 0. The van der Waals surface area contributed by atoms with Gasteiger partial charge in [-0.3, -0.25) is 0 Å². The van der Waals surface area contributed by atoms with E-state index in [1.165, 1.54) is 122 Å². The Morgan fingerprint density at radius 2 is 1.22 bits per heavy atom. The molecule has 0 N–H and O–H groups in total. The zero-order valence-corrected chi connectivity index (χ0v) is 22.9. The van der Waals surface area contributed by atoms with Gasteiger partial charge in [-0.05, 0) is 56.3 Å². The van der Waals surface area contributed by atoms with E-state index in [1.54, 1.807) is 0 Å². The number of unbranched alkanes of at least 4 members (excludes halogenated alkanes) is 11. The molecule has 0 heterocycles. The van der Waals surface area contributed by atoms with E-state index in [0.717, 1.165) is 36.5 Å². The van der Waals surface area contributed by atoms with E-state index < -0.39 is 0 Å². The van der Waals surface area contributed by atoms with E-state index in [1.807, 2.05) is 0 Å². The minimum atomic E-state index is 0.821. The Morgan fingerprint density at radius 1 is 0.688 bits per heavy atom. The van der Waals surface area contributed by atoms with Gasteiger partial charge in [0.15, 0.2) is 0 Å². The molecule has 0 bridgehead atoms. The lowest BCUT2D eigenvalue weighted by molar-refractivity contribution is 0.633. The molecule has 3 fully saturated rings. The Hall–Kier alpha value is 0. The molecule has 0 amide bonds. The summed E-state index contributed by atoms with van der Waals surface area (Å²) >= 11 is 0. The molecular formula is C32H62. The van der Waals surface area contributed by atoms with Crippen LogP contribution in [0.1, 0.15) is 156 Å². The third kappa shape index (κ3) is 21.8. The highest BCUT2D eigenvalue weighted by Crippen LogP contribution is 2.47. The van der Waals surface area contributed by atoms with Crippen LogP contribution in [0.3, 0.4) is 0 Å². The fraction of sp³-hybridized carbons (Fsp3) is 0.875. The Bertz CT molecular complexity index is 312. The van der Waals surface area contributed by atoms with Crippen molar-refractivity contribution >= 4 is 0 Å². The third-order valence-electron chi connectivity index (χ3n) is 7.18. The molecule has 0 spiro atoms. The van der Waals surface area contributed by atoms with Gasteiger partial charge in [0.1, 0.15) is 0 Å². The van der Waals surface area contributed by atoms with Crippen LogP contribution in [0.5, 0.6) is 0 Å². The number of fused-ring (bicyclic) bond motifs is 1. The highest BCUT2D eigenvalue weighted by atomic mass is 14.4. The molecule has 3 aliphatic carbocycles. The standard InChI is InChI=1S/C8H13.C8H15.2C8H17/c1-2-4-7-6-8(7)5-3-1;1-3-4-5-8-6-7(8)2;2*1-3-5-7-8-6-4-2/h4,7-8H,1-3,5-6H2;7-8H,2-6H2,1H3;2*1,3-8H2,2H3. The van der Waals surface area contributed by atoms with Gasteiger partial charge < -0.3 is 0 Å². The molecule has 3 saturated carbocycles. The lowest BCUT2D eigenvalue weighted by Crippen LogP contribution is -1.77. The second-order valence-electron chi connectivity index (χ2n) is 10.6. The normalized spacial score (nSPS) is 24.9. The van der Waals surface area contributed by atoms with Gasteiger partial charge in [-0.1, -0.05) is 150 Å². The molecule has 3 aliphatic rings. The smallest absolute Gasteiger partial charge is 0.0352 e. The second-order valence-corrected chi connectivity index (χ2v) is 10.6. The zero-order valence-electron chi connectivity index (χ0n) is 22.9. The third-order valence-corrected chi connectivity index (χ3v) is 7.18. The second kappa shape index (κ2) is 24.1. The topological polar surface area (TPSA) is 0 Å². The maximum Gasteiger partial charge on any atom is -0.0352 e. The van der Waals surface area contributed by atoms with Gasteiger partial charge in [-0.25, -0.2) is 0 Å². The molecule has 4 unspecified atom stereocenters. The maximum absolute atomic E-state index is 3.98. The van der Waals surface area contributed by atoms with Crippen LogP contribution in [-0.4, -0.2) is 0 Å². The lowest BCUT2D eigenvalue weighted by Gasteiger charge is -1.93. The molecule has 190 valence electrons. The van der Waals surface area contributed by atoms with Crippen molar-refractivity contribution in [1.29, 1.82) is 0 Å². The van der Waals surface area contributed by atoms with E-state index in [9.17, 15) is 0 Å². The Kier molecular flexibility index (Phi) is 24.1. The monoisotopic (exact) mass is 446 g/mol. The molecule has 0 aromatic rings. The van der Waals surface area contributed by atoms with Crippen molar-refractivity contribution < 1.29 is 0 Å². The Balaban J connectivity index is 0.000000400. The highest BCUT2D eigenvalue weighted by Gasteiger charge is 2.36. The molecule has 4 radical (unpaired) electrons. The average Bonchev–Trinajstić information content (AvgIpc) is 3.70. The van der Waals surface area contributed by atoms with Gasteiger partial charge in [0, 0.05) is 0 Å². The van der Waals surface area contributed by atoms with Crippen molar-refractivity contribution in [1.82, 2.24) is 0 Å². The Labute approximate surface area is 206 Å². The molecule has 0 saturated heterocycles. The van der Waals surface area contributed by atoms with Crippen LogP contribution in [0.4, 0.5) is 0 Å². The van der Waals surface area contributed by atoms with Crippen LogP contribution >= 0.6 is 0 Å². The average molecular weight is 447 g/mol. The molecule has 0 heteroatoms. The zero-order chi connectivity index (χ0) is 23.9. The number of rotatable bonds is 13. The first-order valence-corrected chi connectivity index (χ1v) is 14.9. The SMILES string of the molecule is [CH2]C1CC1CCCC.[CH2]CCCCCCC.[CH2]CCCCCCC.[CH]1CCCCC2CC12. The molecule has 0 aliphatic heterocycles. The first-order chi connectivity index (χ1) is 15.6. The largest absolute Gasteiger partial charge is 0.0654 e. The van der Waals surface area contributed by atoms with E-state index in [-0.39, 0.29) is 0 Å². The predicted molar refractivity (Wildman–Crippen MR) is 148 cm³/mol. The number of hydrogen-bond acceptors (Lipinski definition) is 0. The van der Waals surface area contributed by atoms with E-state index in [2.05, 4.69) is 48.0 Å². The first kappa shape index (κ1) is 32.0. The van der Waals surface area contributed by atoms with Crippen LogP contribution in [0.25, 0.3) is 0 Å². The van der Waals surface area contributed by atoms with Crippen LogP contribution in [0.15, 0.2) is 0 Å². The van der Waals surface area contributed by atoms with Crippen LogP contribution in [0, 0.1) is 50.9 Å². The summed E-state index contributed by atoms with van der Waals surface area (Å²) in [5.41, 5.74) is 0. The minimum Gasteiger partial charge on any atom is -0.0654 e. The van der Waals surface area contributed by atoms with Crippen LogP contribution in [-0.2, 0) is 0 Å². The van der Waals surface area contributed by atoms with Gasteiger partial charge in [0.25, 0.3) is 0 Å². The highest BCUT2D eigenvalue weighted by molar-refractivity contribution is 4.97.